The summed E-state index contributed by atoms with van der Waals surface area (Å²) in [6, 6.07) is 6.23. The number of H-pyrrole nitrogens is 1. The van der Waals surface area contributed by atoms with E-state index in [9.17, 15) is 0 Å². The van der Waals surface area contributed by atoms with E-state index in [2.05, 4.69) is 49.2 Å². The van der Waals surface area contributed by atoms with Crippen LogP contribution in [0.25, 0.3) is 10.9 Å². The van der Waals surface area contributed by atoms with Crippen molar-refractivity contribution in [3.63, 3.8) is 0 Å². The van der Waals surface area contributed by atoms with E-state index in [1.807, 2.05) is 6.20 Å². The number of hydrogen-bond acceptors (Lipinski definition) is 1. The van der Waals surface area contributed by atoms with Crippen molar-refractivity contribution in [3.8, 4) is 0 Å². The third kappa shape index (κ3) is 2.87. The average molecular weight is 192 g/mol. The Kier molecular flexibility index (Phi) is 4.17. The van der Waals surface area contributed by atoms with Crippen LogP contribution < -0.4 is 0 Å². The van der Waals surface area contributed by atoms with Gasteiger partial charge in [-0.15, -0.1) is 0 Å². The minimum atomic E-state index is 0. The molecule has 0 spiro atoms. The molecule has 0 aliphatic carbocycles. The Morgan fingerprint density at radius 1 is 1.29 bits per heavy atom. The molecule has 2 aromatic rings. The molecule has 0 unspecified atom stereocenters. The monoisotopic (exact) mass is 192 g/mol. The van der Waals surface area contributed by atoms with Crippen molar-refractivity contribution in [3.05, 3.63) is 30.0 Å². The van der Waals surface area contributed by atoms with Gasteiger partial charge in [-0.05, 0) is 18.6 Å². The van der Waals surface area contributed by atoms with Crippen molar-refractivity contribution in [1.29, 1.82) is 0 Å². The average Bonchev–Trinajstić information content (AvgIpc) is 2.65. The molecule has 1 N–H and O–H groups in total. The summed E-state index contributed by atoms with van der Waals surface area (Å²) < 4.78 is 0. The highest BCUT2D eigenvalue weighted by atomic mass is 15.1. The summed E-state index contributed by atoms with van der Waals surface area (Å²) in [6.07, 6.45) is 4.47. The van der Waals surface area contributed by atoms with E-state index in [4.69, 9.17) is 0 Å². The molecule has 1 aromatic heterocycles. The Bertz CT molecular complexity index is 380. The first-order valence-corrected chi connectivity index (χ1v) is 5.17. The maximum atomic E-state index is 3.92. The number of nitrogens with one attached hydrogen (secondary N) is 1. The van der Waals surface area contributed by atoms with Gasteiger partial charge in [-0.25, -0.2) is 0 Å². The predicted molar refractivity (Wildman–Crippen MR) is 63.5 cm³/mol. The van der Waals surface area contributed by atoms with Crippen LogP contribution in [0.1, 0.15) is 33.7 Å². The number of aromatic amines is 1. The van der Waals surface area contributed by atoms with Gasteiger partial charge < -0.3 is 0 Å². The molecule has 1 aromatic carbocycles. The molecule has 0 radical (unpaired) electrons. The molecule has 0 atom stereocenters. The first-order valence-electron chi connectivity index (χ1n) is 5.17. The van der Waals surface area contributed by atoms with Crippen LogP contribution >= 0.6 is 0 Å². The van der Waals surface area contributed by atoms with Gasteiger partial charge in [0.1, 0.15) is 0 Å². The molecule has 2 rings (SSSR count). The van der Waals surface area contributed by atoms with E-state index in [1.165, 1.54) is 23.8 Å². The summed E-state index contributed by atoms with van der Waals surface area (Å²) in [5, 5.41) is 8.00. The first-order chi connectivity index (χ1) is 6.77. The fourth-order valence-electron chi connectivity index (χ4n) is 1.05. The maximum Gasteiger partial charge on any atom is 0.0652 e. The van der Waals surface area contributed by atoms with E-state index < -0.39 is 0 Å². The highest BCUT2D eigenvalue weighted by Gasteiger charge is 1.92. The summed E-state index contributed by atoms with van der Waals surface area (Å²) in [5.41, 5.74) is 2.37. The minimum Gasteiger partial charge on any atom is -0.278 e. The molecule has 2 nitrogen and oxygen atoms in total. The van der Waals surface area contributed by atoms with Crippen molar-refractivity contribution in [1.82, 2.24) is 10.2 Å². The highest BCUT2D eigenvalue weighted by Crippen LogP contribution is 2.10. The van der Waals surface area contributed by atoms with Crippen LogP contribution in [-0.2, 0) is 0 Å². The molecule has 1 heterocycles. The van der Waals surface area contributed by atoms with Crippen molar-refractivity contribution in [2.45, 2.75) is 33.6 Å². The SMILES string of the molecule is CCCC.Cc1ccc2cn[nH]c2c1.[HH]. The van der Waals surface area contributed by atoms with Crippen molar-refractivity contribution in [2.24, 2.45) is 0 Å². The molecular weight excluding hydrogens is 172 g/mol. The summed E-state index contributed by atoms with van der Waals surface area (Å²) in [7, 11) is 0. The second-order valence-electron chi connectivity index (χ2n) is 3.46. The zero-order chi connectivity index (χ0) is 10.4. The molecule has 0 bridgehead atoms. The smallest absolute Gasteiger partial charge is 0.0652 e. The second-order valence-corrected chi connectivity index (χ2v) is 3.46. The lowest BCUT2D eigenvalue weighted by atomic mass is 10.2. The third-order valence-corrected chi connectivity index (χ3v) is 2.10. The van der Waals surface area contributed by atoms with E-state index in [0.29, 0.717) is 0 Å². The Balaban J connectivity index is 0.000000346. The molecule has 0 saturated carbocycles. The normalized spacial score (nSPS) is 9.64. The van der Waals surface area contributed by atoms with Crippen LogP contribution in [0.3, 0.4) is 0 Å². The van der Waals surface area contributed by atoms with Crippen LogP contribution in [0.15, 0.2) is 24.4 Å². The second kappa shape index (κ2) is 5.43. The topological polar surface area (TPSA) is 28.7 Å². The molecule has 78 valence electrons. The van der Waals surface area contributed by atoms with Crippen LogP contribution in [0, 0.1) is 6.92 Å². The standard InChI is InChI=1S/C8H8N2.C4H10.H2/c1-6-2-3-7-5-9-10-8(7)4-6;1-3-4-2;/h2-5H,1H3,(H,9,10);3-4H2,1-2H3;1H. The zero-order valence-electron chi connectivity index (χ0n) is 9.17. The number of aromatic nitrogens is 2. The number of fused-ring (bicyclic) bond motifs is 1. The molecule has 2 heteroatoms. The van der Waals surface area contributed by atoms with Crippen LogP contribution in [0.4, 0.5) is 0 Å². The largest absolute Gasteiger partial charge is 0.278 e. The Morgan fingerprint density at radius 3 is 2.64 bits per heavy atom. The number of benzene rings is 1. The van der Waals surface area contributed by atoms with Crippen molar-refractivity contribution < 1.29 is 1.43 Å². The molecular formula is C12H20N2. The van der Waals surface area contributed by atoms with Gasteiger partial charge in [-0.1, -0.05) is 38.8 Å². The van der Waals surface area contributed by atoms with Gasteiger partial charge >= 0.3 is 0 Å². The minimum absolute atomic E-state index is 0. The number of aryl methyl sites for hydroxylation is 1. The van der Waals surface area contributed by atoms with E-state index in [1.54, 1.807) is 0 Å². The zero-order valence-corrected chi connectivity index (χ0v) is 9.17. The van der Waals surface area contributed by atoms with Crippen LogP contribution in [0.2, 0.25) is 0 Å². The van der Waals surface area contributed by atoms with E-state index in [0.717, 1.165) is 5.52 Å². The lowest BCUT2D eigenvalue weighted by Crippen LogP contribution is -1.70. The summed E-state index contributed by atoms with van der Waals surface area (Å²) in [6.45, 7) is 6.43. The number of nitrogens with zero attached hydrogens (tertiary/aromatic N) is 1. The third-order valence-electron chi connectivity index (χ3n) is 2.10. The Labute approximate surface area is 86.8 Å². The lowest BCUT2D eigenvalue weighted by Gasteiger charge is -1.89. The van der Waals surface area contributed by atoms with Crippen LogP contribution in [-0.4, -0.2) is 10.2 Å². The van der Waals surface area contributed by atoms with E-state index >= 15 is 0 Å². The first kappa shape index (κ1) is 10.8. The predicted octanol–water partition coefficient (Wildman–Crippen LogP) is 3.92. The molecule has 0 amide bonds. The van der Waals surface area contributed by atoms with Gasteiger partial charge in [0.25, 0.3) is 0 Å². The van der Waals surface area contributed by atoms with Gasteiger partial charge in [0.2, 0.25) is 0 Å². The number of hydrogen-bond donors (Lipinski definition) is 1. The van der Waals surface area contributed by atoms with Gasteiger partial charge in [0.05, 0.1) is 11.7 Å². The Morgan fingerprint density at radius 2 is 2.00 bits per heavy atom. The summed E-state index contributed by atoms with van der Waals surface area (Å²) in [5.74, 6) is 0. The van der Waals surface area contributed by atoms with Gasteiger partial charge in [-0.2, -0.15) is 5.10 Å². The summed E-state index contributed by atoms with van der Waals surface area (Å²) >= 11 is 0. The number of unbranched alkanes of at least 4 members (excludes halogenated alkanes) is 1. The van der Waals surface area contributed by atoms with Crippen molar-refractivity contribution in [2.75, 3.05) is 0 Å². The quantitative estimate of drug-likeness (QED) is 0.728. The van der Waals surface area contributed by atoms with Crippen LogP contribution in [0.5, 0.6) is 0 Å². The molecule has 0 aliphatic rings. The molecule has 0 saturated heterocycles. The Hall–Kier alpha value is -1.31. The fraction of sp³-hybridized carbons (Fsp3) is 0.417. The fourth-order valence-corrected chi connectivity index (χ4v) is 1.05. The van der Waals surface area contributed by atoms with Crippen molar-refractivity contribution >= 4 is 10.9 Å². The molecule has 0 aliphatic heterocycles. The van der Waals surface area contributed by atoms with Gasteiger partial charge in [0.15, 0.2) is 0 Å². The van der Waals surface area contributed by atoms with E-state index in [-0.39, 0.29) is 1.43 Å². The lowest BCUT2D eigenvalue weighted by molar-refractivity contribution is 0.886. The molecule has 0 fully saturated rings. The highest BCUT2D eigenvalue weighted by molar-refractivity contribution is 5.78. The maximum absolute atomic E-state index is 3.92. The van der Waals surface area contributed by atoms with Gasteiger partial charge in [-0.3, -0.25) is 5.10 Å². The molecule has 14 heavy (non-hydrogen) atoms. The van der Waals surface area contributed by atoms with Gasteiger partial charge in [0, 0.05) is 6.81 Å². The number of rotatable bonds is 1. The summed E-state index contributed by atoms with van der Waals surface area (Å²) in [4.78, 5) is 0.